The molecule has 0 aromatic carbocycles. The Hall–Kier alpha value is -0.110. The first-order valence-corrected chi connectivity index (χ1v) is 6.63. The molecule has 2 aliphatic heterocycles. The number of piperazine rings is 1. The molecule has 120 valence electrons. The van der Waals surface area contributed by atoms with Crippen LogP contribution < -0.4 is 5.32 Å². The van der Waals surface area contributed by atoms with Crippen LogP contribution in [0.25, 0.3) is 0 Å². The van der Waals surface area contributed by atoms with Gasteiger partial charge in [-0.15, -0.1) is 24.8 Å². The second-order valence-corrected chi connectivity index (χ2v) is 4.72. The second kappa shape index (κ2) is 10.6. The lowest BCUT2D eigenvalue weighted by Gasteiger charge is -2.36. The summed E-state index contributed by atoms with van der Waals surface area (Å²) >= 11 is 0. The normalized spacial score (nSPS) is 23.6. The number of nitrogens with one attached hydrogen (secondary N) is 1. The molecule has 1 unspecified atom stereocenters. The van der Waals surface area contributed by atoms with Crippen molar-refractivity contribution in [3.63, 3.8) is 0 Å². The van der Waals surface area contributed by atoms with Crippen LogP contribution >= 0.6 is 24.8 Å². The van der Waals surface area contributed by atoms with Gasteiger partial charge in [0.05, 0.1) is 13.2 Å². The van der Waals surface area contributed by atoms with Gasteiger partial charge >= 0.3 is 0 Å². The number of hydrogen-bond acceptors (Lipinski definition) is 5. The van der Waals surface area contributed by atoms with E-state index in [1.165, 1.54) is 0 Å². The summed E-state index contributed by atoms with van der Waals surface area (Å²) in [6.07, 6.45) is -0.288. The van der Waals surface area contributed by atoms with Gasteiger partial charge in [0.15, 0.2) is 0 Å². The van der Waals surface area contributed by atoms with Crippen molar-refractivity contribution in [3.8, 4) is 0 Å². The fourth-order valence-electron chi connectivity index (χ4n) is 2.34. The molecule has 2 aliphatic rings. The Bertz CT molecular complexity index is 271. The summed E-state index contributed by atoms with van der Waals surface area (Å²) in [7, 11) is 1.72. The molecular weight excluding hydrogens is 305 g/mol. The maximum Gasteiger partial charge on any atom is 0.253 e. The zero-order valence-corrected chi connectivity index (χ0v) is 13.5. The number of hydrogen-bond donors (Lipinski definition) is 1. The molecule has 0 aromatic rings. The van der Waals surface area contributed by atoms with Crippen molar-refractivity contribution in [2.24, 2.45) is 0 Å². The Morgan fingerprint density at radius 3 is 2.55 bits per heavy atom. The van der Waals surface area contributed by atoms with Crippen molar-refractivity contribution in [2.45, 2.75) is 6.10 Å². The minimum absolute atomic E-state index is 0. The fraction of sp³-hybridized carbons (Fsp3) is 0.917. The lowest BCUT2D eigenvalue weighted by Crippen LogP contribution is -2.55. The Morgan fingerprint density at radius 2 is 2.00 bits per heavy atom. The van der Waals surface area contributed by atoms with E-state index in [0.29, 0.717) is 13.2 Å². The third-order valence-electron chi connectivity index (χ3n) is 3.50. The molecule has 1 atom stereocenters. The van der Waals surface area contributed by atoms with Crippen LogP contribution in [0, 0.1) is 0 Å². The van der Waals surface area contributed by atoms with Gasteiger partial charge in [-0.2, -0.15) is 0 Å². The molecule has 6 nitrogen and oxygen atoms in total. The molecular formula is C12H25Cl2N3O3. The first-order chi connectivity index (χ1) is 8.81. The predicted molar refractivity (Wildman–Crippen MR) is 82.0 cm³/mol. The van der Waals surface area contributed by atoms with Crippen LogP contribution in [0.4, 0.5) is 0 Å². The molecule has 8 heteroatoms. The molecule has 0 bridgehead atoms. The molecule has 0 aromatic heterocycles. The Morgan fingerprint density at radius 1 is 1.30 bits per heavy atom. The molecule has 0 spiro atoms. The van der Waals surface area contributed by atoms with Crippen molar-refractivity contribution in [1.82, 2.24) is 15.1 Å². The summed E-state index contributed by atoms with van der Waals surface area (Å²) in [6.45, 7) is 7.25. The Labute approximate surface area is 133 Å². The molecule has 1 N–H and O–H groups in total. The van der Waals surface area contributed by atoms with Gasteiger partial charge < -0.3 is 19.7 Å². The maximum atomic E-state index is 12.2. The van der Waals surface area contributed by atoms with Gasteiger partial charge in [0.1, 0.15) is 6.10 Å². The van der Waals surface area contributed by atoms with E-state index < -0.39 is 0 Å². The van der Waals surface area contributed by atoms with Crippen LogP contribution in [0.15, 0.2) is 0 Å². The number of rotatable bonds is 4. The minimum Gasteiger partial charge on any atom is -0.383 e. The number of nitrogens with zero attached hydrogens (tertiary/aromatic N) is 2. The highest BCUT2D eigenvalue weighted by Crippen LogP contribution is 2.07. The van der Waals surface area contributed by atoms with Crippen LogP contribution in [0.1, 0.15) is 0 Å². The van der Waals surface area contributed by atoms with Gasteiger partial charge in [-0.3, -0.25) is 9.69 Å². The van der Waals surface area contributed by atoms with E-state index in [1.54, 1.807) is 7.11 Å². The summed E-state index contributed by atoms with van der Waals surface area (Å²) in [5.74, 6) is 0.133. The third-order valence-corrected chi connectivity index (χ3v) is 3.50. The van der Waals surface area contributed by atoms with Crippen molar-refractivity contribution in [2.75, 3.05) is 66.1 Å². The van der Waals surface area contributed by atoms with E-state index in [-0.39, 0.29) is 36.8 Å². The van der Waals surface area contributed by atoms with Crippen molar-refractivity contribution in [3.05, 3.63) is 0 Å². The molecule has 0 saturated carbocycles. The van der Waals surface area contributed by atoms with Crippen LogP contribution in [-0.4, -0.2) is 87.9 Å². The molecule has 0 aliphatic carbocycles. The quantitative estimate of drug-likeness (QED) is 0.761. The zero-order valence-electron chi connectivity index (χ0n) is 11.9. The second-order valence-electron chi connectivity index (χ2n) is 4.72. The number of carbonyl (C=O) groups is 1. The third kappa shape index (κ3) is 5.71. The first kappa shape index (κ1) is 19.9. The summed E-state index contributed by atoms with van der Waals surface area (Å²) in [4.78, 5) is 16.4. The SMILES string of the molecule is COCCN1CCN(C(=O)C2CNCCO2)CC1.Cl.Cl. The highest BCUT2D eigenvalue weighted by molar-refractivity contribution is 5.85. The molecule has 2 rings (SSSR count). The number of ether oxygens (including phenoxy) is 2. The molecule has 0 radical (unpaired) electrons. The van der Waals surface area contributed by atoms with Gasteiger partial charge in [0.2, 0.25) is 0 Å². The number of methoxy groups -OCH3 is 1. The Balaban J connectivity index is 0.00000180. The maximum absolute atomic E-state index is 12.2. The lowest BCUT2D eigenvalue weighted by atomic mass is 10.2. The van der Waals surface area contributed by atoms with E-state index in [4.69, 9.17) is 9.47 Å². The smallest absolute Gasteiger partial charge is 0.253 e. The van der Waals surface area contributed by atoms with Crippen molar-refractivity contribution >= 4 is 30.7 Å². The van der Waals surface area contributed by atoms with Crippen molar-refractivity contribution in [1.29, 1.82) is 0 Å². The highest BCUT2D eigenvalue weighted by Gasteiger charge is 2.28. The van der Waals surface area contributed by atoms with Crippen molar-refractivity contribution < 1.29 is 14.3 Å². The van der Waals surface area contributed by atoms with Gasteiger partial charge in [-0.1, -0.05) is 0 Å². The molecule has 20 heavy (non-hydrogen) atoms. The van der Waals surface area contributed by atoms with E-state index in [2.05, 4.69) is 10.2 Å². The van der Waals surface area contributed by atoms with Crippen LogP contribution in [0.2, 0.25) is 0 Å². The summed E-state index contributed by atoms with van der Waals surface area (Å²) in [6, 6.07) is 0. The molecule has 1 amide bonds. The van der Waals surface area contributed by atoms with Gasteiger partial charge in [-0.25, -0.2) is 0 Å². The fourth-order valence-corrected chi connectivity index (χ4v) is 2.34. The average molecular weight is 330 g/mol. The van der Waals surface area contributed by atoms with Gasteiger partial charge in [0, 0.05) is 52.9 Å². The summed E-state index contributed by atoms with van der Waals surface area (Å²) < 4.78 is 10.6. The van der Waals surface area contributed by atoms with E-state index in [0.717, 1.165) is 45.9 Å². The number of morpholine rings is 1. The molecule has 2 fully saturated rings. The zero-order chi connectivity index (χ0) is 12.8. The minimum atomic E-state index is -0.288. The van der Waals surface area contributed by atoms with Crippen LogP contribution in [0.5, 0.6) is 0 Å². The van der Waals surface area contributed by atoms with E-state index in [9.17, 15) is 4.79 Å². The number of amides is 1. The summed E-state index contributed by atoms with van der Waals surface area (Å²) in [5.41, 5.74) is 0. The predicted octanol–water partition coefficient (Wildman–Crippen LogP) is -0.391. The van der Waals surface area contributed by atoms with Gasteiger partial charge in [0.25, 0.3) is 5.91 Å². The molecule has 2 heterocycles. The lowest BCUT2D eigenvalue weighted by molar-refractivity contribution is -0.147. The number of halogens is 2. The van der Waals surface area contributed by atoms with E-state index >= 15 is 0 Å². The highest BCUT2D eigenvalue weighted by atomic mass is 35.5. The van der Waals surface area contributed by atoms with Crippen LogP contribution in [0.3, 0.4) is 0 Å². The number of carbonyl (C=O) groups excluding carboxylic acids is 1. The largest absolute Gasteiger partial charge is 0.383 e. The van der Waals surface area contributed by atoms with E-state index in [1.807, 2.05) is 4.90 Å². The monoisotopic (exact) mass is 329 g/mol. The standard InChI is InChI=1S/C12H23N3O3.2ClH/c1-17-9-7-14-3-5-15(6-4-14)12(16)11-10-13-2-8-18-11;;/h11,13H,2-10H2,1H3;2*1H. The molecule has 2 saturated heterocycles. The van der Waals surface area contributed by atoms with Gasteiger partial charge in [-0.05, 0) is 0 Å². The average Bonchev–Trinajstić information content (AvgIpc) is 2.46. The Kier molecular flexibility index (Phi) is 10.5. The summed E-state index contributed by atoms with van der Waals surface area (Å²) in [5, 5.41) is 3.19. The van der Waals surface area contributed by atoms with Crippen LogP contribution in [-0.2, 0) is 14.3 Å². The first-order valence-electron chi connectivity index (χ1n) is 6.63. The topological polar surface area (TPSA) is 54.0 Å².